The van der Waals surface area contributed by atoms with Crippen LogP contribution in [-0.4, -0.2) is 18.1 Å². The van der Waals surface area contributed by atoms with Gasteiger partial charge in [-0.15, -0.1) is 0 Å². The monoisotopic (exact) mass is 285 g/mol. The van der Waals surface area contributed by atoms with Crippen LogP contribution >= 0.6 is 0 Å². The van der Waals surface area contributed by atoms with Gasteiger partial charge in [0.15, 0.2) is 0 Å². The first-order valence-corrected chi connectivity index (χ1v) is 7.62. The van der Waals surface area contributed by atoms with Gasteiger partial charge in [0.2, 0.25) is 0 Å². The lowest BCUT2D eigenvalue weighted by atomic mass is 9.83. The van der Waals surface area contributed by atoms with E-state index >= 15 is 0 Å². The van der Waals surface area contributed by atoms with Crippen molar-refractivity contribution in [3.63, 3.8) is 0 Å². The number of aromatic amines is 1. The fraction of sp³-hybridized carbons (Fsp3) is 0.500. The molecule has 3 rings (SSSR count). The second-order valence-corrected chi connectivity index (χ2v) is 7.06. The van der Waals surface area contributed by atoms with E-state index in [-0.39, 0.29) is 17.3 Å². The number of methoxy groups -OCH3 is 1. The van der Waals surface area contributed by atoms with E-state index in [1.165, 1.54) is 34.8 Å². The largest absolute Gasteiger partial charge is 0.469 e. The smallest absolute Gasteiger partial charge is 0.309 e. The fourth-order valence-electron chi connectivity index (χ4n) is 3.25. The van der Waals surface area contributed by atoms with Crippen LogP contribution in [0.1, 0.15) is 44.0 Å². The number of nitrogens with one attached hydrogen (secondary N) is 1. The number of ether oxygens (including phenoxy) is 1. The molecular weight excluding hydrogens is 262 g/mol. The zero-order valence-electron chi connectivity index (χ0n) is 13.2. The molecule has 0 aliphatic heterocycles. The molecule has 0 amide bonds. The van der Waals surface area contributed by atoms with E-state index in [4.69, 9.17) is 4.74 Å². The topological polar surface area (TPSA) is 42.1 Å². The van der Waals surface area contributed by atoms with E-state index in [9.17, 15) is 4.79 Å². The number of benzene rings is 1. The third kappa shape index (κ3) is 2.45. The average Bonchev–Trinajstić information content (AvgIpc) is 2.82. The molecule has 3 nitrogen and oxygen atoms in total. The molecule has 1 atom stereocenters. The van der Waals surface area contributed by atoms with Crippen molar-refractivity contribution < 1.29 is 9.53 Å². The average molecular weight is 285 g/mol. The molecule has 1 N–H and O–H groups in total. The van der Waals surface area contributed by atoms with Crippen molar-refractivity contribution in [2.75, 3.05) is 7.11 Å². The number of aromatic nitrogens is 1. The predicted molar refractivity (Wildman–Crippen MR) is 84.5 cm³/mol. The molecule has 0 bridgehead atoms. The lowest BCUT2D eigenvalue weighted by Gasteiger charge is -2.21. The molecule has 1 aromatic carbocycles. The number of hydrogen-bond donors (Lipinski definition) is 1. The lowest BCUT2D eigenvalue weighted by molar-refractivity contribution is -0.145. The Labute approximate surface area is 125 Å². The highest BCUT2D eigenvalue weighted by Crippen LogP contribution is 2.34. The second-order valence-electron chi connectivity index (χ2n) is 7.06. The first kappa shape index (κ1) is 14.2. The van der Waals surface area contributed by atoms with Crippen LogP contribution in [0.4, 0.5) is 0 Å². The third-order valence-corrected chi connectivity index (χ3v) is 4.59. The zero-order chi connectivity index (χ0) is 15.2. The summed E-state index contributed by atoms with van der Waals surface area (Å²) in [4.78, 5) is 15.3. The van der Waals surface area contributed by atoms with Gasteiger partial charge in [0.1, 0.15) is 0 Å². The Morgan fingerprint density at radius 2 is 2.10 bits per heavy atom. The first-order valence-electron chi connectivity index (χ1n) is 7.62. The number of rotatable bonds is 1. The molecule has 112 valence electrons. The SMILES string of the molecule is COC(=O)C1CCc2[nH]c3ccc(C(C)(C)C)cc3c2C1. The molecule has 2 aromatic rings. The first-order chi connectivity index (χ1) is 9.90. The molecule has 0 radical (unpaired) electrons. The van der Waals surface area contributed by atoms with Crippen molar-refractivity contribution in [2.45, 2.75) is 45.4 Å². The van der Waals surface area contributed by atoms with Gasteiger partial charge >= 0.3 is 5.97 Å². The minimum absolute atomic E-state index is 0.000192. The highest BCUT2D eigenvalue weighted by Gasteiger charge is 2.28. The highest BCUT2D eigenvalue weighted by atomic mass is 16.5. The van der Waals surface area contributed by atoms with Crippen LogP contribution in [0, 0.1) is 5.92 Å². The Morgan fingerprint density at radius 1 is 1.33 bits per heavy atom. The van der Waals surface area contributed by atoms with Crippen LogP contribution in [0.15, 0.2) is 18.2 Å². The van der Waals surface area contributed by atoms with E-state index in [1.54, 1.807) is 0 Å². The number of H-pyrrole nitrogens is 1. The standard InChI is InChI=1S/C18H23NO2/c1-18(2,3)12-6-8-16-14(10-12)13-9-11(17(20)21-4)5-7-15(13)19-16/h6,8,10-11,19H,5,7,9H2,1-4H3. The second kappa shape index (κ2) is 4.90. The van der Waals surface area contributed by atoms with E-state index in [1.807, 2.05) is 0 Å². The van der Waals surface area contributed by atoms with Crippen LogP contribution in [-0.2, 0) is 27.8 Å². The minimum atomic E-state index is -0.0815. The van der Waals surface area contributed by atoms with E-state index in [0.29, 0.717) is 0 Å². The van der Waals surface area contributed by atoms with Crippen molar-refractivity contribution in [3.8, 4) is 0 Å². The van der Waals surface area contributed by atoms with Gasteiger partial charge in [-0.05, 0) is 47.9 Å². The zero-order valence-corrected chi connectivity index (χ0v) is 13.2. The number of carbonyl (C=O) groups is 1. The van der Waals surface area contributed by atoms with Gasteiger partial charge in [0, 0.05) is 16.6 Å². The van der Waals surface area contributed by atoms with Crippen LogP contribution in [0.3, 0.4) is 0 Å². The van der Waals surface area contributed by atoms with Crippen molar-refractivity contribution in [3.05, 3.63) is 35.0 Å². The molecule has 1 aromatic heterocycles. The summed E-state index contributed by atoms with van der Waals surface area (Å²) in [6.07, 6.45) is 2.59. The van der Waals surface area contributed by atoms with Gasteiger partial charge < -0.3 is 9.72 Å². The summed E-state index contributed by atoms with van der Waals surface area (Å²) < 4.78 is 4.92. The Morgan fingerprint density at radius 3 is 2.76 bits per heavy atom. The maximum absolute atomic E-state index is 11.8. The molecule has 3 heteroatoms. The minimum Gasteiger partial charge on any atom is -0.469 e. The molecule has 1 aliphatic rings. The van der Waals surface area contributed by atoms with Gasteiger partial charge in [-0.25, -0.2) is 0 Å². The molecular formula is C18H23NO2. The van der Waals surface area contributed by atoms with Crippen LogP contribution in [0.25, 0.3) is 10.9 Å². The third-order valence-electron chi connectivity index (χ3n) is 4.59. The van der Waals surface area contributed by atoms with Gasteiger partial charge in [-0.1, -0.05) is 26.8 Å². The molecule has 0 saturated heterocycles. The maximum Gasteiger partial charge on any atom is 0.309 e. The molecule has 1 aliphatic carbocycles. The molecule has 21 heavy (non-hydrogen) atoms. The molecule has 1 heterocycles. The normalized spacial score (nSPS) is 18.6. The van der Waals surface area contributed by atoms with Gasteiger partial charge in [0.05, 0.1) is 13.0 Å². The molecule has 1 unspecified atom stereocenters. The number of carbonyl (C=O) groups excluding carboxylic acids is 1. The van der Waals surface area contributed by atoms with Crippen LogP contribution in [0.2, 0.25) is 0 Å². The Kier molecular flexibility index (Phi) is 3.31. The summed E-state index contributed by atoms with van der Waals surface area (Å²) in [7, 11) is 1.48. The number of fused-ring (bicyclic) bond motifs is 3. The number of aryl methyl sites for hydroxylation is 1. The maximum atomic E-state index is 11.8. The predicted octanol–water partition coefficient (Wildman–Crippen LogP) is 3.74. The van der Waals surface area contributed by atoms with E-state index < -0.39 is 0 Å². The van der Waals surface area contributed by atoms with Gasteiger partial charge in [-0.2, -0.15) is 0 Å². The Balaban J connectivity index is 2.06. The molecule has 0 saturated carbocycles. The van der Waals surface area contributed by atoms with Crippen LogP contribution < -0.4 is 0 Å². The van der Waals surface area contributed by atoms with Crippen molar-refractivity contribution in [1.29, 1.82) is 0 Å². The number of esters is 1. The van der Waals surface area contributed by atoms with Crippen molar-refractivity contribution in [1.82, 2.24) is 4.98 Å². The highest BCUT2D eigenvalue weighted by molar-refractivity contribution is 5.87. The van der Waals surface area contributed by atoms with Crippen molar-refractivity contribution >= 4 is 16.9 Å². The summed E-state index contributed by atoms with van der Waals surface area (Å²) in [6.45, 7) is 6.68. The van der Waals surface area contributed by atoms with E-state index in [2.05, 4.69) is 44.0 Å². The quantitative estimate of drug-likeness (QED) is 0.811. The Hall–Kier alpha value is -1.77. The number of hydrogen-bond acceptors (Lipinski definition) is 2. The van der Waals surface area contributed by atoms with Crippen molar-refractivity contribution in [2.24, 2.45) is 5.92 Å². The van der Waals surface area contributed by atoms with Gasteiger partial charge in [0.25, 0.3) is 0 Å². The molecule has 0 spiro atoms. The Bertz CT molecular complexity index is 691. The summed E-state index contributed by atoms with van der Waals surface area (Å²) >= 11 is 0. The van der Waals surface area contributed by atoms with E-state index in [0.717, 1.165) is 19.3 Å². The summed E-state index contributed by atoms with van der Waals surface area (Å²) in [5.74, 6) is -0.0817. The molecule has 0 fully saturated rings. The van der Waals surface area contributed by atoms with Gasteiger partial charge in [-0.3, -0.25) is 4.79 Å². The lowest BCUT2D eigenvalue weighted by Crippen LogP contribution is -2.23. The summed E-state index contributed by atoms with van der Waals surface area (Å²) in [5, 5.41) is 1.27. The summed E-state index contributed by atoms with van der Waals surface area (Å²) in [5.41, 5.74) is 5.24. The summed E-state index contributed by atoms with van der Waals surface area (Å²) in [6, 6.07) is 6.65. The van der Waals surface area contributed by atoms with Crippen LogP contribution in [0.5, 0.6) is 0 Å². The fourth-order valence-corrected chi connectivity index (χ4v) is 3.25.